The zero-order chi connectivity index (χ0) is 20.9. The third-order valence-electron chi connectivity index (χ3n) is 4.39. The third-order valence-corrected chi connectivity index (χ3v) is 4.39. The second kappa shape index (κ2) is 13.1. The molecule has 1 rings (SSSR count). The minimum Gasteiger partial charge on any atom is -0.493 e. The molecule has 0 spiro atoms. The molecule has 0 saturated heterocycles. The first-order chi connectivity index (χ1) is 13.5. The van der Waals surface area contributed by atoms with Crippen LogP contribution < -0.4 is 24.8 Å². The predicted molar refractivity (Wildman–Crippen MR) is 114 cm³/mol. The number of aliphatic imine (C=N–C) groups is 1. The quantitative estimate of drug-likeness (QED) is 0.373. The Morgan fingerprint density at radius 1 is 1.07 bits per heavy atom. The van der Waals surface area contributed by atoms with E-state index in [2.05, 4.69) is 29.5 Å². The zero-order valence-electron chi connectivity index (χ0n) is 18.2. The lowest BCUT2D eigenvalue weighted by Crippen LogP contribution is -2.40. The largest absolute Gasteiger partial charge is 0.493 e. The van der Waals surface area contributed by atoms with Crippen molar-refractivity contribution in [2.24, 2.45) is 16.8 Å². The van der Waals surface area contributed by atoms with E-state index in [1.165, 1.54) is 0 Å². The Morgan fingerprint density at radius 3 is 2.18 bits per heavy atom. The van der Waals surface area contributed by atoms with Gasteiger partial charge in [0.25, 0.3) is 0 Å². The Kier molecular flexibility index (Phi) is 11.2. The van der Waals surface area contributed by atoms with Gasteiger partial charge < -0.3 is 30.0 Å². The van der Waals surface area contributed by atoms with Crippen molar-refractivity contribution in [1.29, 1.82) is 0 Å². The highest BCUT2D eigenvalue weighted by Crippen LogP contribution is 2.38. The molecule has 0 heterocycles. The molecule has 1 unspecified atom stereocenters. The number of hydrogen-bond acceptors (Lipinski definition) is 5. The van der Waals surface area contributed by atoms with E-state index in [1.807, 2.05) is 19.1 Å². The van der Waals surface area contributed by atoms with Crippen LogP contribution in [0.1, 0.15) is 39.2 Å². The summed E-state index contributed by atoms with van der Waals surface area (Å²) < 4.78 is 16.2. The van der Waals surface area contributed by atoms with Crippen LogP contribution in [0.15, 0.2) is 17.1 Å². The molecule has 160 valence electrons. The average molecular weight is 396 g/mol. The highest BCUT2D eigenvalue weighted by Gasteiger charge is 2.14. The number of ether oxygens (including phenoxy) is 3. The van der Waals surface area contributed by atoms with Crippen LogP contribution in [0.4, 0.5) is 0 Å². The molecule has 0 aromatic heterocycles. The molecule has 0 fully saturated rings. The van der Waals surface area contributed by atoms with E-state index >= 15 is 0 Å². The van der Waals surface area contributed by atoms with Gasteiger partial charge in [-0.2, -0.15) is 0 Å². The number of aliphatic hydroxyl groups excluding tert-OH is 1. The summed E-state index contributed by atoms with van der Waals surface area (Å²) in [4.78, 5) is 4.68. The van der Waals surface area contributed by atoms with Crippen molar-refractivity contribution in [3.8, 4) is 17.2 Å². The smallest absolute Gasteiger partial charge is 0.203 e. The highest BCUT2D eigenvalue weighted by molar-refractivity contribution is 5.79. The number of rotatable bonds is 12. The van der Waals surface area contributed by atoms with E-state index in [1.54, 1.807) is 21.3 Å². The lowest BCUT2D eigenvalue weighted by atomic mass is 9.94. The van der Waals surface area contributed by atoms with E-state index in [0.717, 1.165) is 37.5 Å². The van der Waals surface area contributed by atoms with Gasteiger partial charge in [0.1, 0.15) is 0 Å². The topological polar surface area (TPSA) is 84.3 Å². The highest BCUT2D eigenvalue weighted by atomic mass is 16.5. The molecule has 0 aliphatic rings. The van der Waals surface area contributed by atoms with E-state index in [0.29, 0.717) is 35.6 Å². The summed E-state index contributed by atoms with van der Waals surface area (Å²) in [7, 11) is 4.79. The van der Waals surface area contributed by atoms with Crippen molar-refractivity contribution >= 4 is 5.96 Å². The number of nitrogens with one attached hydrogen (secondary N) is 2. The van der Waals surface area contributed by atoms with Crippen molar-refractivity contribution in [2.75, 3.05) is 41.0 Å². The van der Waals surface area contributed by atoms with Gasteiger partial charge in [-0.05, 0) is 49.3 Å². The van der Waals surface area contributed by atoms with Crippen LogP contribution in [-0.2, 0) is 6.54 Å². The molecule has 1 atom stereocenters. The maximum absolute atomic E-state index is 9.30. The van der Waals surface area contributed by atoms with Crippen LogP contribution in [0.3, 0.4) is 0 Å². The summed E-state index contributed by atoms with van der Waals surface area (Å²) >= 11 is 0. The molecule has 0 radical (unpaired) electrons. The summed E-state index contributed by atoms with van der Waals surface area (Å²) in [5.41, 5.74) is 0.959. The molecule has 7 nitrogen and oxygen atoms in total. The second-order valence-electron chi connectivity index (χ2n) is 7.12. The molecule has 0 aliphatic carbocycles. The van der Waals surface area contributed by atoms with Crippen LogP contribution >= 0.6 is 0 Å². The van der Waals surface area contributed by atoms with Crippen molar-refractivity contribution in [3.63, 3.8) is 0 Å². The summed E-state index contributed by atoms with van der Waals surface area (Å²) in [6.07, 6.45) is 1.86. The van der Waals surface area contributed by atoms with Gasteiger partial charge in [-0.1, -0.05) is 13.8 Å². The molecule has 3 N–H and O–H groups in total. The zero-order valence-corrected chi connectivity index (χ0v) is 18.2. The van der Waals surface area contributed by atoms with Gasteiger partial charge in [0.15, 0.2) is 17.5 Å². The molecule has 1 aromatic rings. The molecule has 7 heteroatoms. The van der Waals surface area contributed by atoms with Gasteiger partial charge in [-0.3, -0.25) is 0 Å². The van der Waals surface area contributed by atoms with E-state index in [4.69, 9.17) is 14.2 Å². The second-order valence-corrected chi connectivity index (χ2v) is 7.12. The lowest BCUT2D eigenvalue weighted by molar-refractivity contribution is 0.243. The monoisotopic (exact) mass is 395 g/mol. The summed E-state index contributed by atoms with van der Waals surface area (Å²) in [5.74, 6) is 3.56. The van der Waals surface area contributed by atoms with Gasteiger partial charge in [-0.15, -0.1) is 0 Å². The predicted octanol–water partition coefficient (Wildman–Crippen LogP) is 2.81. The molecule has 0 bridgehead atoms. The van der Waals surface area contributed by atoms with E-state index in [9.17, 15) is 5.11 Å². The van der Waals surface area contributed by atoms with Crippen molar-refractivity contribution < 1.29 is 19.3 Å². The van der Waals surface area contributed by atoms with Crippen LogP contribution in [0.2, 0.25) is 0 Å². The first-order valence-corrected chi connectivity index (χ1v) is 9.90. The maximum atomic E-state index is 9.30. The van der Waals surface area contributed by atoms with Gasteiger partial charge in [-0.25, -0.2) is 4.99 Å². The number of benzene rings is 1. The molecule has 0 saturated carbocycles. The Morgan fingerprint density at radius 2 is 1.71 bits per heavy atom. The number of methoxy groups -OCH3 is 3. The number of nitrogens with zero attached hydrogens (tertiary/aromatic N) is 1. The van der Waals surface area contributed by atoms with Crippen molar-refractivity contribution in [2.45, 2.75) is 40.2 Å². The van der Waals surface area contributed by atoms with Crippen molar-refractivity contribution in [3.05, 3.63) is 17.7 Å². The fraction of sp³-hybridized carbons (Fsp3) is 0.667. The van der Waals surface area contributed by atoms with Crippen LogP contribution in [0.5, 0.6) is 17.2 Å². The Hall–Kier alpha value is -2.15. The summed E-state index contributed by atoms with van der Waals surface area (Å²) in [5, 5.41) is 16.0. The van der Waals surface area contributed by atoms with Crippen LogP contribution in [-0.4, -0.2) is 52.1 Å². The average Bonchev–Trinajstić information content (AvgIpc) is 2.68. The van der Waals surface area contributed by atoms with Gasteiger partial charge in [0.05, 0.1) is 27.9 Å². The summed E-state index contributed by atoms with van der Waals surface area (Å²) in [6, 6.07) is 3.81. The normalized spacial score (nSPS) is 12.6. The summed E-state index contributed by atoms with van der Waals surface area (Å²) in [6.45, 7) is 8.67. The molecular weight excluding hydrogens is 358 g/mol. The maximum Gasteiger partial charge on any atom is 0.203 e. The Labute approximate surface area is 169 Å². The van der Waals surface area contributed by atoms with Crippen molar-refractivity contribution in [1.82, 2.24) is 10.6 Å². The molecule has 0 aliphatic heterocycles. The number of guanidine groups is 1. The van der Waals surface area contributed by atoms with Gasteiger partial charge in [0, 0.05) is 19.7 Å². The molecule has 0 amide bonds. The van der Waals surface area contributed by atoms with E-state index in [-0.39, 0.29) is 6.61 Å². The molecule has 28 heavy (non-hydrogen) atoms. The fourth-order valence-electron chi connectivity index (χ4n) is 3.13. The molecule has 1 aromatic carbocycles. The molecular formula is C21H37N3O4. The lowest BCUT2D eigenvalue weighted by Gasteiger charge is -2.20. The first-order valence-electron chi connectivity index (χ1n) is 9.90. The number of hydrogen-bond donors (Lipinski definition) is 3. The van der Waals surface area contributed by atoms with Crippen LogP contribution in [0, 0.1) is 11.8 Å². The number of aliphatic hydroxyl groups is 1. The Bertz CT molecular complexity index is 580. The van der Waals surface area contributed by atoms with Gasteiger partial charge >= 0.3 is 0 Å². The van der Waals surface area contributed by atoms with Gasteiger partial charge in [0.2, 0.25) is 5.75 Å². The Balaban J connectivity index is 2.88. The minimum absolute atomic E-state index is 0.207. The standard InChI is InChI=1S/C21H37N3O4/c1-7-22-21(23-13-16(8-9-25)10-15(2)3)24-14-17-11-18(26-4)20(28-6)19(12-17)27-5/h11-12,15-16,25H,7-10,13-14H2,1-6H3,(H2,22,23,24). The third kappa shape index (κ3) is 7.84. The van der Waals surface area contributed by atoms with E-state index < -0.39 is 0 Å². The van der Waals surface area contributed by atoms with Crippen LogP contribution in [0.25, 0.3) is 0 Å². The minimum atomic E-state index is 0.207. The SMILES string of the molecule is CCNC(=NCc1cc(OC)c(OC)c(OC)c1)NCC(CCO)CC(C)C. The fourth-order valence-corrected chi connectivity index (χ4v) is 3.13. The first kappa shape index (κ1) is 23.9.